The van der Waals surface area contributed by atoms with Crippen LogP contribution in [0.2, 0.25) is 0 Å². The van der Waals surface area contributed by atoms with E-state index in [1.54, 1.807) is 0 Å². The Morgan fingerprint density at radius 2 is 1.90 bits per heavy atom. The van der Waals surface area contributed by atoms with Gasteiger partial charge < -0.3 is 15.4 Å². The molecule has 112 valence electrons. The molecule has 0 spiro atoms. The van der Waals surface area contributed by atoms with E-state index >= 15 is 0 Å². The first-order valence-electron chi connectivity index (χ1n) is 7.78. The molecule has 1 aliphatic rings. The lowest BCUT2D eigenvalue weighted by atomic mass is 9.85. The van der Waals surface area contributed by atoms with E-state index in [2.05, 4.69) is 44.4 Å². The average molecular weight is 276 g/mol. The molecule has 3 heteroatoms. The lowest BCUT2D eigenvalue weighted by Gasteiger charge is -2.29. The van der Waals surface area contributed by atoms with Crippen LogP contribution in [0, 0.1) is 17.8 Å². The minimum atomic E-state index is 0.213. The Bertz CT molecular complexity index is 409. The zero-order valence-electron chi connectivity index (χ0n) is 13.1. The van der Waals surface area contributed by atoms with Crippen molar-refractivity contribution in [1.29, 1.82) is 0 Å². The van der Waals surface area contributed by atoms with Crippen LogP contribution in [0.3, 0.4) is 0 Å². The van der Waals surface area contributed by atoms with Crippen LogP contribution in [0.25, 0.3) is 0 Å². The fraction of sp³-hybridized carbons (Fsp3) is 0.647. The van der Waals surface area contributed by atoms with Crippen molar-refractivity contribution in [2.45, 2.75) is 33.8 Å². The van der Waals surface area contributed by atoms with Crippen molar-refractivity contribution in [1.82, 2.24) is 5.32 Å². The molecular formula is C17H28N2O. The van der Waals surface area contributed by atoms with Gasteiger partial charge in [-0.15, -0.1) is 0 Å². The number of fused-ring (bicyclic) bond motifs is 1. The largest absolute Gasteiger partial charge is 0.485 e. The highest BCUT2D eigenvalue weighted by Gasteiger charge is 2.20. The van der Waals surface area contributed by atoms with Gasteiger partial charge in [-0.2, -0.15) is 0 Å². The Labute approximate surface area is 123 Å². The Morgan fingerprint density at radius 1 is 1.20 bits per heavy atom. The van der Waals surface area contributed by atoms with Gasteiger partial charge in [0, 0.05) is 6.54 Å². The maximum Gasteiger partial charge on any atom is 0.142 e. The number of hydrogen-bond donors (Lipinski definition) is 2. The fourth-order valence-corrected chi connectivity index (χ4v) is 2.93. The Morgan fingerprint density at radius 3 is 2.60 bits per heavy atom. The molecule has 0 fully saturated rings. The third kappa shape index (κ3) is 3.89. The highest BCUT2D eigenvalue weighted by molar-refractivity contribution is 5.57. The zero-order chi connectivity index (χ0) is 14.5. The first kappa shape index (κ1) is 15.2. The first-order valence-corrected chi connectivity index (χ1v) is 7.78. The predicted octanol–water partition coefficient (Wildman–Crippen LogP) is 3.38. The quantitative estimate of drug-likeness (QED) is 0.835. The number of nitrogens with one attached hydrogen (secondary N) is 2. The van der Waals surface area contributed by atoms with Crippen molar-refractivity contribution in [2.75, 3.05) is 25.0 Å². The summed E-state index contributed by atoms with van der Waals surface area (Å²) in [7, 11) is 0. The molecule has 1 aromatic carbocycles. The smallest absolute Gasteiger partial charge is 0.142 e. The number of hydrogen-bond acceptors (Lipinski definition) is 3. The van der Waals surface area contributed by atoms with Crippen LogP contribution < -0.4 is 15.4 Å². The maximum atomic E-state index is 6.01. The van der Waals surface area contributed by atoms with Crippen molar-refractivity contribution in [3.8, 4) is 5.75 Å². The number of para-hydroxylation sites is 2. The molecule has 0 bridgehead atoms. The monoisotopic (exact) mass is 276 g/mol. The van der Waals surface area contributed by atoms with E-state index in [9.17, 15) is 0 Å². The predicted molar refractivity (Wildman–Crippen MR) is 85.4 cm³/mol. The Hall–Kier alpha value is -1.22. The molecule has 0 aliphatic carbocycles. The number of anilines is 1. The van der Waals surface area contributed by atoms with Gasteiger partial charge in [-0.3, -0.25) is 0 Å². The molecule has 2 N–H and O–H groups in total. The second-order valence-electron chi connectivity index (χ2n) is 6.43. The third-order valence-corrected chi connectivity index (χ3v) is 4.17. The highest BCUT2D eigenvalue weighted by Crippen LogP contribution is 2.28. The zero-order valence-corrected chi connectivity index (χ0v) is 13.1. The molecule has 1 aromatic rings. The van der Waals surface area contributed by atoms with Gasteiger partial charge in [0.2, 0.25) is 0 Å². The van der Waals surface area contributed by atoms with Crippen molar-refractivity contribution in [3.63, 3.8) is 0 Å². The fourth-order valence-electron chi connectivity index (χ4n) is 2.93. The van der Waals surface area contributed by atoms with Crippen molar-refractivity contribution < 1.29 is 4.74 Å². The summed E-state index contributed by atoms with van der Waals surface area (Å²) in [6, 6.07) is 8.14. The van der Waals surface area contributed by atoms with Crippen LogP contribution in [0.1, 0.15) is 27.7 Å². The molecule has 1 unspecified atom stereocenters. The molecule has 0 aromatic heterocycles. The standard InChI is InChI=1S/C17H28N2O/c1-12(2)15(13(3)4)11-18-9-14-10-19-16-7-5-6-8-17(16)20-14/h5-8,12-15,18-19H,9-11H2,1-4H3. The van der Waals surface area contributed by atoms with Gasteiger partial charge in [-0.1, -0.05) is 39.8 Å². The molecule has 0 radical (unpaired) electrons. The first-order chi connectivity index (χ1) is 9.58. The van der Waals surface area contributed by atoms with Gasteiger partial charge in [-0.05, 0) is 36.4 Å². The molecule has 20 heavy (non-hydrogen) atoms. The van der Waals surface area contributed by atoms with Crippen LogP contribution >= 0.6 is 0 Å². The minimum absolute atomic E-state index is 0.213. The van der Waals surface area contributed by atoms with E-state index in [1.165, 1.54) is 0 Å². The lowest BCUT2D eigenvalue weighted by molar-refractivity contribution is 0.191. The SMILES string of the molecule is CC(C)C(CNCC1CNc2ccccc2O1)C(C)C. The van der Waals surface area contributed by atoms with Gasteiger partial charge in [-0.25, -0.2) is 0 Å². The van der Waals surface area contributed by atoms with E-state index in [0.717, 1.165) is 37.0 Å². The van der Waals surface area contributed by atoms with Crippen LogP contribution in [0.5, 0.6) is 5.75 Å². The second kappa shape index (κ2) is 6.98. The number of ether oxygens (including phenoxy) is 1. The van der Waals surface area contributed by atoms with E-state index in [4.69, 9.17) is 4.74 Å². The van der Waals surface area contributed by atoms with Crippen molar-refractivity contribution in [2.24, 2.45) is 17.8 Å². The lowest BCUT2D eigenvalue weighted by Crippen LogP contribution is -2.41. The van der Waals surface area contributed by atoms with E-state index in [0.29, 0.717) is 11.8 Å². The van der Waals surface area contributed by atoms with Crippen LogP contribution in [-0.4, -0.2) is 25.7 Å². The van der Waals surface area contributed by atoms with E-state index in [-0.39, 0.29) is 6.10 Å². The molecule has 1 atom stereocenters. The molecular weight excluding hydrogens is 248 g/mol. The van der Waals surface area contributed by atoms with Gasteiger partial charge in [0.05, 0.1) is 12.2 Å². The van der Waals surface area contributed by atoms with Crippen molar-refractivity contribution in [3.05, 3.63) is 24.3 Å². The van der Waals surface area contributed by atoms with Gasteiger partial charge >= 0.3 is 0 Å². The van der Waals surface area contributed by atoms with Gasteiger partial charge in [0.1, 0.15) is 11.9 Å². The molecule has 0 amide bonds. The summed E-state index contributed by atoms with van der Waals surface area (Å²) in [5.74, 6) is 3.12. The van der Waals surface area contributed by atoms with Crippen LogP contribution in [0.4, 0.5) is 5.69 Å². The number of rotatable bonds is 6. The molecule has 0 saturated heterocycles. The molecule has 0 saturated carbocycles. The summed E-state index contributed by atoms with van der Waals surface area (Å²) in [5, 5.41) is 7.02. The normalized spacial score (nSPS) is 18.1. The van der Waals surface area contributed by atoms with E-state index < -0.39 is 0 Å². The molecule has 1 aliphatic heterocycles. The van der Waals surface area contributed by atoms with Crippen LogP contribution in [-0.2, 0) is 0 Å². The second-order valence-corrected chi connectivity index (χ2v) is 6.43. The summed E-state index contributed by atoms with van der Waals surface area (Å²) < 4.78 is 6.01. The van der Waals surface area contributed by atoms with Gasteiger partial charge in [0.25, 0.3) is 0 Å². The number of benzene rings is 1. The molecule has 2 rings (SSSR count). The summed E-state index contributed by atoms with van der Waals surface area (Å²) >= 11 is 0. The third-order valence-electron chi connectivity index (χ3n) is 4.17. The summed E-state index contributed by atoms with van der Waals surface area (Å²) in [6.07, 6.45) is 0.213. The van der Waals surface area contributed by atoms with Gasteiger partial charge in [0.15, 0.2) is 0 Å². The summed E-state index contributed by atoms with van der Waals surface area (Å²) in [5.41, 5.74) is 1.10. The topological polar surface area (TPSA) is 33.3 Å². The van der Waals surface area contributed by atoms with Crippen LogP contribution in [0.15, 0.2) is 24.3 Å². The highest BCUT2D eigenvalue weighted by atomic mass is 16.5. The maximum absolute atomic E-state index is 6.01. The average Bonchev–Trinajstić information content (AvgIpc) is 2.42. The van der Waals surface area contributed by atoms with E-state index in [1.807, 2.05) is 18.2 Å². The minimum Gasteiger partial charge on any atom is -0.485 e. The Kier molecular flexibility index (Phi) is 5.30. The Balaban J connectivity index is 1.79. The molecule has 3 nitrogen and oxygen atoms in total. The molecule has 1 heterocycles. The summed E-state index contributed by atoms with van der Waals surface area (Å²) in [4.78, 5) is 0. The van der Waals surface area contributed by atoms with Crippen molar-refractivity contribution >= 4 is 5.69 Å². The summed E-state index contributed by atoms with van der Waals surface area (Å²) in [6.45, 7) is 12.1.